The summed E-state index contributed by atoms with van der Waals surface area (Å²) in [6.45, 7) is 2.22. The zero-order valence-electron chi connectivity index (χ0n) is 20.8. The van der Waals surface area contributed by atoms with Crippen LogP contribution in [-0.2, 0) is 28.7 Å². The molecule has 8 nitrogen and oxygen atoms in total. The molecule has 1 unspecified atom stereocenters. The molecule has 182 valence electrons. The first-order valence-electron chi connectivity index (χ1n) is 11.6. The molecule has 0 spiro atoms. The molecule has 0 saturated heterocycles. The Hall–Kier alpha value is 0.360. The first-order chi connectivity index (χ1) is 14.7. The number of carbonyl (C=O) groups is 3. The molecule has 0 aromatic heterocycles. The van der Waals surface area contributed by atoms with Crippen molar-refractivity contribution in [3.63, 3.8) is 0 Å². The van der Waals surface area contributed by atoms with E-state index in [1.165, 1.54) is 64.2 Å². The van der Waals surface area contributed by atoms with Gasteiger partial charge in [0.05, 0.1) is 5.97 Å². The minimum absolute atomic E-state index is 0. The summed E-state index contributed by atoms with van der Waals surface area (Å²) in [5.74, 6) is -5.14. The molecule has 0 rings (SSSR count). The molecule has 1 atom stereocenters. The maximum Gasteiger partial charge on any atom is 1.00 e. The summed E-state index contributed by atoms with van der Waals surface area (Å²) in [5.41, 5.74) is 0. The van der Waals surface area contributed by atoms with Gasteiger partial charge in [-0.05, 0) is 6.42 Å². The van der Waals surface area contributed by atoms with Crippen LogP contribution in [0.15, 0.2) is 0 Å². The number of carbonyl (C=O) groups excluding carboxylic acids is 3. The fourth-order valence-electron chi connectivity index (χ4n) is 3.32. The second-order valence-electron chi connectivity index (χ2n) is 8.03. The first-order valence-corrected chi connectivity index (χ1v) is 13.0. The van der Waals surface area contributed by atoms with Crippen molar-refractivity contribution in [1.29, 1.82) is 0 Å². The fourth-order valence-corrected chi connectivity index (χ4v) is 4.36. The van der Waals surface area contributed by atoms with Gasteiger partial charge in [-0.1, -0.05) is 96.8 Å². The number of aliphatic carboxylic acids is 2. The summed E-state index contributed by atoms with van der Waals surface area (Å²) < 4.78 is 27.6. The summed E-state index contributed by atoms with van der Waals surface area (Å²) in [7, 11) is -4.92. The molecule has 0 aliphatic rings. The SMILES string of the molecule is CCCCCCCCCCCCCCCCCC(=O)OS(=O)(=O)C(CC(=O)[O-])C(=O)[O-].[Na+].[Na+]. The van der Waals surface area contributed by atoms with E-state index in [4.69, 9.17) is 0 Å². The average Bonchev–Trinajstić information content (AvgIpc) is 2.68. The molecule has 0 bridgehead atoms. The van der Waals surface area contributed by atoms with Crippen LogP contribution in [0.25, 0.3) is 0 Å². The van der Waals surface area contributed by atoms with Crippen molar-refractivity contribution in [1.82, 2.24) is 0 Å². The van der Waals surface area contributed by atoms with E-state index in [2.05, 4.69) is 11.1 Å². The zero-order valence-corrected chi connectivity index (χ0v) is 25.6. The third-order valence-corrected chi connectivity index (χ3v) is 6.63. The van der Waals surface area contributed by atoms with Gasteiger partial charge in [-0.2, -0.15) is 8.42 Å². The van der Waals surface area contributed by atoms with Crippen LogP contribution in [0.3, 0.4) is 0 Å². The molecule has 0 aliphatic heterocycles. The monoisotopic (exact) mass is 508 g/mol. The zero-order chi connectivity index (χ0) is 23.5. The Labute approximate surface area is 243 Å². The van der Waals surface area contributed by atoms with Crippen LogP contribution >= 0.6 is 0 Å². The van der Waals surface area contributed by atoms with Crippen molar-refractivity contribution in [2.45, 2.75) is 121 Å². The third kappa shape index (κ3) is 22.6. The fraction of sp³-hybridized carbons (Fsp3) is 0.864. The third-order valence-electron chi connectivity index (χ3n) is 5.16. The van der Waals surface area contributed by atoms with Crippen molar-refractivity contribution in [2.24, 2.45) is 0 Å². The maximum absolute atomic E-state index is 11.7. The summed E-state index contributed by atoms with van der Waals surface area (Å²) >= 11 is 0. The molecule has 0 aromatic carbocycles. The number of rotatable bonds is 21. The number of hydrogen-bond donors (Lipinski definition) is 0. The van der Waals surface area contributed by atoms with Crippen molar-refractivity contribution in [3.8, 4) is 0 Å². The van der Waals surface area contributed by atoms with E-state index in [0.29, 0.717) is 6.42 Å². The van der Waals surface area contributed by atoms with Crippen LogP contribution in [0.5, 0.6) is 0 Å². The minimum Gasteiger partial charge on any atom is -0.550 e. The van der Waals surface area contributed by atoms with E-state index in [0.717, 1.165) is 25.7 Å². The molecule has 0 aromatic rings. The minimum atomic E-state index is -4.92. The van der Waals surface area contributed by atoms with E-state index < -0.39 is 39.7 Å². The van der Waals surface area contributed by atoms with Crippen LogP contribution in [-0.4, -0.2) is 31.6 Å². The summed E-state index contributed by atoms with van der Waals surface area (Å²) in [4.78, 5) is 32.9. The molecule has 0 N–H and O–H groups in total. The van der Waals surface area contributed by atoms with Gasteiger partial charge in [0.15, 0.2) is 0 Å². The van der Waals surface area contributed by atoms with Crippen molar-refractivity contribution in [2.75, 3.05) is 0 Å². The van der Waals surface area contributed by atoms with Crippen LogP contribution in [0.2, 0.25) is 0 Å². The van der Waals surface area contributed by atoms with E-state index in [1.54, 1.807) is 0 Å². The second kappa shape index (κ2) is 24.1. The summed E-state index contributed by atoms with van der Waals surface area (Å²) in [6, 6.07) is 0. The Kier molecular flexibility index (Phi) is 27.6. The van der Waals surface area contributed by atoms with Gasteiger partial charge >= 0.3 is 75.2 Å². The van der Waals surface area contributed by atoms with E-state index in [-0.39, 0.29) is 65.5 Å². The molecular formula is C22H38Na2O8S. The van der Waals surface area contributed by atoms with Crippen molar-refractivity contribution >= 4 is 28.0 Å². The number of hydrogen-bond acceptors (Lipinski definition) is 8. The number of unbranched alkanes of at least 4 members (excludes halogenated alkanes) is 14. The Morgan fingerprint density at radius 1 is 0.697 bits per heavy atom. The van der Waals surface area contributed by atoms with Crippen molar-refractivity contribution in [3.05, 3.63) is 0 Å². The normalized spacial score (nSPS) is 11.7. The second-order valence-corrected chi connectivity index (χ2v) is 9.75. The van der Waals surface area contributed by atoms with Gasteiger partial charge in [0.2, 0.25) is 0 Å². The Balaban J connectivity index is -0.00000450. The molecule has 0 aliphatic carbocycles. The molecule has 11 heteroatoms. The van der Waals surface area contributed by atoms with Gasteiger partial charge in [0.1, 0.15) is 5.25 Å². The predicted octanol–water partition coefficient (Wildman–Crippen LogP) is -3.61. The van der Waals surface area contributed by atoms with Crippen LogP contribution in [0.4, 0.5) is 0 Å². The smallest absolute Gasteiger partial charge is 0.550 e. The quantitative estimate of drug-likeness (QED) is 0.0880. The predicted molar refractivity (Wildman–Crippen MR) is 113 cm³/mol. The van der Waals surface area contributed by atoms with E-state index >= 15 is 0 Å². The standard InChI is InChI=1S/C22H40O8S.2Na/c1-2-3-4-5-6-7-8-9-10-11-12-13-14-15-16-17-21(25)30-31(28,29)19(22(26)27)18-20(23)24;;/h19H,2-18H2,1H3,(H,23,24)(H,26,27);;/q;2*+1/p-2. The molecule has 0 amide bonds. The molecule has 0 saturated carbocycles. The van der Waals surface area contributed by atoms with Crippen LogP contribution in [0.1, 0.15) is 116 Å². The Morgan fingerprint density at radius 2 is 1.06 bits per heavy atom. The van der Waals surface area contributed by atoms with E-state index in [1.807, 2.05) is 0 Å². The maximum atomic E-state index is 11.7. The first kappa shape index (κ1) is 37.9. The molecule has 33 heavy (non-hydrogen) atoms. The Bertz CT molecular complexity index is 626. The van der Waals surface area contributed by atoms with Gasteiger partial charge in [-0.3, -0.25) is 4.79 Å². The largest absolute Gasteiger partial charge is 1.00 e. The summed E-state index contributed by atoms with van der Waals surface area (Å²) in [6.07, 6.45) is 15.7. The van der Waals surface area contributed by atoms with Gasteiger partial charge in [-0.25, -0.2) is 0 Å². The molecular weight excluding hydrogens is 470 g/mol. The topological polar surface area (TPSA) is 141 Å². The van der Waals surface area contributed by atoms with Crippen molar-refractivity contribution < 1.29 is 96.3 Å². The summed E-state index contributed by atoms with van der Waals surface area (Å²) in [5, 5.41) is 18.8. The van der Waals surface area contributed by atoms with Gasteiger partial charge in [0.25, 0.3) is 0 Å². The van der Waals surface area contributed by atoms with Gasteiger partial charge in [-0.15, -0.1) is 0 Å². The molecule has 0 radical (unpaired) electrons. The van der Waals surface area contributed by atoms with E-state index in [9.17, 15) is 33.0 Å². The van der Waals surface area contributed by atoms with Gasteiger partial charge in [0, 0.05) is 18.8 Å². The number of carboxylic acids is 2. The molecule has 0 fully saturated rings. The van der Waals surface area contributed by atoms with Crippen LogP contribution in [0, 0.1) is 0 Å². The Morgan fingerprint density at radius 3 is 1.39 bits per heavy atom. The average molecular weight is 509 g/mol. The number of carboxylic acid groups (broad SMARTS) is 2. The molecule has 0 heterocycles. The van der Waals surface area contributed by atoms with Gasteiger partial charge < -0.3 is 24.0 Å². The van der Waals surface area contributed by atoms with Crippen LogP contribution < -0.4 is 69.3 Å².